The van der Waals surface area contributed by atoms with Crippen molar-refractivity contribution < 1.29 is 9.50 Å². The number of piperazine rings is 1. The number of nitrogens with zero attached hydrogens (tertiary/aromatic N) is 1. The minimum absolute atomic E-state index is 0.152. The van der Waals surface area contributed by atoms with Gasteiger partial charge >= 0.3 is 0 Å². The van der Waals surface area contributed by atoms with Gasteiger partial charge in [-0.3, -0.25) is 4.90 Å². The van der Waals surface area contributed by atoms with Crippen molar-refractivity contribution in [3.05, 3.63) is 29.1 Å². The Bertz CT molecular complexity index is 482. The molecular weight excluding hydrogens is 255 g/mol. The Hall–Kier alpha value is -1.13. The summed E-state index contributed by atoms with van der Waals surface area (Å²) >= 11 is 0. The van der Waals surface area contributed by atoms with E-state index < -0.39 is 5.82 Å². The van der Waals surface area contributed by atoms with Crippen LogP contribution in [0.1, 0.15) is 36.4 Å². The van der Waals surface area contributed by atoms with E-state index >= 15 is 0 Å². The van der Waals surface area contributed by atoms with Gasteiger partial charge in [-0.05, 0) is 30.9 Å². The maximum absolute atomic E-state index is 13.8. The molecule has 3 rings (SSSR count). The molecular formula is C16H23FN2O. The highest BCUT2D eigenvalue weighted by molar-refractivity contribution is 5.39. The zero-order valence-corrected chi connectivity index (χ0v) is 12.0. The molecule has 1 saturated heterocycles. The quantitative estimate of drug-likeness (QED) is 0.888. The van der Waals surface area contributed by atoms with Crippen LogP contribution in [0.15, 0.2) is 12.1 Å². The van der Waals surface area contributed by atoms with E-state index in [1.165, 1.54) is 18.9 Å². The Balaban J connectivity index is 1.90. The number of nitrogens with one attached hydrogen (secondary N) is 1. The van der Waals surface area contributed by atoms with E-state index in [2.05, 4.69) is 10.2 Å². The average Bonchev–Trinajstić information content (AvgIpc) is 3.25. The Morgan fingerprint density at radius 3 is 2.70 bits per heavy atom. The van der Waals surface area contributed by atoms with Gasteiger partial charge < -0.3 is 10.4 Å². The standard InChI is InChI=1S/C16H23FN2O/c1-11-8-13(16(20)14(17)9-11)15(10-12-2-3-12)19-6-4-18-5-7-19/h8-9,12,15,18,20H,2-7,10H2,1H3/t15-/m1/s1. The van der Waals surface area contributed by atoms with Gasteiger partial charge in [-0.15, -0.1) is 0 Å². The molecule has 1 aromatic rings. The van der Waals surface area contributed by atoms with Crippen molar-refractivity contribution in [2.75, 3.05) is 26.2 Å². The summed E-state index contributed by atoms with van der Waals surface area (Å²) in [5.74, 6) is 0.105. The van der Waals surface area contributed by atoms with Gasteiger partial charge in [0.05, 0.1) is 0 Å². The highest BCUT2D eigenvalue weighted by atomic mass is 19.1. The predicted molar refractivity (Wildman–Crippen MR) is 77.3 cm³/mol. The van der Waals surface area contributed by atoms with Crippen LogP contribution in [-0.2, 0) is 0 Å². The normalized spacial score (nSPS) is 21.9. The number of phenolic OH excluding ortho intramolecular Hbond substituents is 1. The fraction of sp³-hybridized carbons (Fsp3) is 0.625. The summed E-state index contributed by atoms with van der Waals surface area (Å²) in [5, 5.41) is 13.5. The number of hydrogen-bond acceptors (Lipinski definition) is 3. The first kappa shape index (κ1) is 13.8. The van der Waals surface area contributed by atoms with Crippen molar-refractivity contribution in [3.8, 4) is 5.75 Å². The summed E-state index contributed by atoms with van der Waals surface area (Å²) in [6, 6.07) is 3.51. The SMILES string of the molecule is Cc1cc(F)c(O)c([C@@H](CC2CC2)N2CCNCC2)c1. The molecule has 0 radical (unpaired) electrons. The van der Waals surface area contributed by atoms with Gasteiger partial charge in [0.1, 0.15) is 0 Å². The summed E-state index contributed by atoms with van der Waals surface area (Å²) in [4.78, 5) is 2.39. The lowest BCUT2D eigenvalue weighted by Gasteiger charge is -2.35. The first-order valence-electron chi connectivity index (χ1n) is 7.59. The molecule has 0 amide bonds. The lowest BCUT2D eigenvalue weighted by molar-refractivity contribution is 0.157. The molecule has 4 heteroatoms. The summed E-state index contributed by atoms with van der Waals surface area (Å²) in [6.07, 6.45) is 3.59. The van der Waals surface area contributed by atoms with Crippen LogP contribution >= 0.6 is 0 Å². The van der Waals surface area contributed by atoms with E-state index in [1.54, 1.807) is 0 Å². The highest BCUT2D eigenvalue weighted by Crippen LogP contribution is 2.43. The van der Waals surface area contributed by atoms with Gasteiger partial charge in [0.25, 0.3) is 0 Å². The van der Waals surface area contributed by atoms with Crippen molar-refractivity contribution >= 4 is 0 Å². The number of benzene rings is 1. The zero-order chi connectivity index (χ0) is 14.1. The second kappa shape index (κ2) is 5.70. The number of rotatable bonds is 4. The molecule has 1 aliphatic heterocycles. The third-order valence-corrected chi connectivity index (χ3v) is 4.44. The molecule has 3 nitrogen and oxygen atoms in total. The first-order valence-corrected chi connectivity index (χ1v) is 7.59. The van der Waals surface area contributed by atoms with Crippen LogP contribution in [-0.4, -0.2) is 36.2 Å². The molecule has 1 heterocycles. The molecule has 1 saturated carbocycles. The average molecular weight is 278 g/mol. The monoisotopic (exact) mass is 278 g/mol. The molecule has 2 aliphatic rings. The maximum Gasteiger partial charge on any atom is 0.165 e. The Morgan fingerprint density at radius 2 is 2.05 bits per heavy atom. The number of aromatic hydroxyl groups is 1. The highest BCUT2D eigenvalue weighted by Gasteiger charge is 2.32. The van der Waals surface area contributed by atoms with Crippen molar-refractivity contribution in [3.63, 3.8) is 0 Å². The molecule has 0 bridgehead atoms. The van der Waals surface area contributed by atoms with Gasteiger partial charge in [0, 0.05) is 37.8 Å². The van der Waals surface area contributed by atoms with E-state index in [-0.39, 0.29) is 11.8 Å². The van der Waals surface area contributed by atoms with Gasteiger partial charge in [-0.25, -0.2) is 4.39 Å². The van der Waals surface area contributed by atoms with E-state index in [4.69, 9.17) is 0 Å². The van der Waals surface area contributed by atoms with Crippen LogP contribution in [0.2, 0.25) is 0 Å². The largest absolute Gasteiger partial charge is 0.505 e. The summed E-state index contributed by atoms with van der Waals surface area (Å²) in [6.45, 7) is 5.75. The van der Waals surface area contributed by atoms with E-state index in [9.17, 15) is 9.50 Å². The Labute approximate surface area is 119 Å². The van der Waals surface area contributed by atoms with Crippen molar-refractivity contribution in [2.45, 2.75) is 32.2 Å². The summed E-state index contributed by atoms with van der Waals surface area (Å²) in [7, 11) is 0. The molecule has 0 aromatic heterocycles. The van der Waals surface area contributed by atoms with Gasteiger partial charge in [-0.2, -0.15) is 0 Å². The number of halogens is 1. The molecule has 20 heavy (non-hydrogen) atoms. The van der Waals surface area contributed by atoms with Crippen LogP contribution in [0.25, 0.3) is 0 Å². The fourth-order valence-electron chi connectivity index (χ4n) is 3.15. The van der Waals surface area contributed by atoms with Crippen molar-refractivity contribution in [1.82, 2.24) is 10.2 Å². The second-order valence-electron chi connectivity index (χ2n) is 6.17. The number of phenols is 1. The van der Waals surface area contributed by atoms with Crippen LogP contribution < -0.4 is 5.32 Å². The topological polar surface area (TPSA) is 35.5 Å². The predicted octanol–water partition coefficient (Wildman–Crippen LogP) is 2.59. The smallest absolute Gasteiger partial charge is 0.165 e. The molecule has 0 unspecified atom stereocenters. The van der Waals surface area contributed by atoms with Crippen LogP contribution in [0.4, 0.5) is 4.39 Å². The maximum atomic E-state index is 13.8. The molecule has 2 N–H and O–H groups in total. The van der Waals surface area contributed by atoms with Gasteiger partial charge in [0.15, 0.2) is 11.6 Å². The lowest BCUT2D eigenvalue weighted by atomic mass is 9.96. The molecule has 2 fully saturated rings. The van der Waals surface area contributed by atoms with Gasteiger partial charge in [0.2, 0.25) is 0 Å². The third-order valence-electron chi connectivity index (χ3n) is 4.44. The number of aryl methyl sites for hydroxylation is 1. The Kier molecular flexibility index (Phi) is 3.94. The molecule has 110 valence electrons. The number of hydrogen-bond donors (Lipinski definition) is 2. The van der Waals surface area contributed by atoms with E-state index in [1.807, 2.05) is 13.0 Å². The molecule has 1 aliphatic carbocycles. The van der Waals surface area contributed by atoms with Gasteiger partial charge in [-0.1, -0.05) is 18.9 Å². The fourth-order valence-corrected chi connectivity index (χ4v) is 3.15. The zero-order valence-electron chi connectivity index (χ0n) is 12.0. The lowest BCUT2D eigenvalue weighted by Crippen LogP contribution is -2.45. The van der Waals surface area contributed by atoms with Crippen molar-refractivity contribution in [2.24, 2.45) is 5.92 Å². The molecule has 0 spiro atoms. The summed E-state index contributed by atoms with van der Waals surface area (Å²) in [5.41, 5.74) is 1.66. The van der Waals surface area contributed by atoms with Crippen molar-refractivity contribution in [1.29, 1.82) is 0 Å². The first-order chi connectivity index (χ1) is 9.65. The molecule has 1 aromatic carbocycles. The molecule has 1 atom stereocenters. The van der Waals surface area contributed by atoms with Crippen LogP contribution in [0.5, 0.6) is 5.75 Å². The second-order valence-corrected chi connectivity index (χ2v) is 6.17. The van der Waals surface area contributed by atoms with E-state index in [0.29, 0.717) is 0 Å². The third kappa shape index (κ3) is 2.96. The Morgan fingerprint density at radius 1 is 1.35 bits per heavy atom. The van der Waals surface area contributed by atoms with Crippen LogP contribution in [0.3, 0.4) is 0 Å². The van der Waals surface area contributed by atoms with Crippen LogP contribution in [0, 0.1) is 18.7 Å². The minimum Gasteiger partial charge on any atom is -0.505 e. The summed E-state index contributed by atoms with van der Waals surface area (Å²) < 4.78 is 13.8. The minimum atomic E-state index is -0.490. The van der Waals surface area contributed by atoms with E-state index in [0.717, 1.165) is 49.6 Å².